The molecular weight excluding hydrogens is 254 g/mol. The number of hydrogen-bond donors (Lipinski definition) is 1. The number of carbonyl (C=O) groups excluding carboxylic acids is 1. The summed E-state index contributed by atoms with van der Waals surface area (Å²) in [5, 5.41) is 3.33. The highest BCUT2D eigenvalue weighted by atomic mass is 16.5. The number of benzene rings is 1. The summed E-state index contributed by atoms with van der Waals surface area (Å²) in [7, 11) is 1.65. The van der Waals surface area contributed by atoms with Crippen LogP contribution in [0.25, 0.3) is 0 Å². The molecule has 1 aromatic carbocycles. The summed E-state index contributed by atoms with van der Waals surface area (Å²) in [4.78, 5) is 12.4. The van der Waals surface area contributed by atoms with E-state index < -0.39 is 5.41 Å². The van der Waals surface area contributed by atoms with E-state index in [0.717, 1.165) is 30.7 Å². The number of rotatable bonds is 5. The van der Waals surface area contributed by atoms with Gasteiger partial charge in [-0.1, -0.05) is 12.1 Å². The van der Waals surface area contributed by atoms with E-state index in [1.165, 1.54) is 0 Å². The molecule has 1 heterocycles. The molecule has 20 heavy (non-hydrogen) atoms. The molecule has 1 saturated heterocycles. The van der Waals surface area contributed by atoms with E-state index in [2.05, 4.69) is 5.32 Å². The molecule has 1 aromatic rings. The van der Waals surface area contributed by atoms with Gasteiger partial charge in [0.05, 0.1) is 19.1 Å². The molecule has 0 saturated carbocycles. The van der Waals surface area contributed by atoms with Gasteiger partial charge in [0.1, 0.15) is 5.75 Å². The molecule has 0 amide bonds. The molecule has 0 aromatic heterocycles. The standard InChI is InChI=1S/C16H23NO3/c1-3-20-15(18)16(9-4-10-17-12-16)11-13-5-7-14(19-2)8-6-13/h5-8,17H,3-4,9-12H2,1-2H3/t16-/m0/s1. The van der Waals surface area contributed by atoms with Gasteiger partial charge in [0, 0.05) is 6.54 Å². The maximum Gasteiger partial charge on any atom is 0.313 e. The molecular formula is C16H23NO3. The zero-order valence-electron chi connectivity index (χ0n) is 12.3. The lowest BCUT2D eigenvalue weighted by atomic mass is 9.75. The molecule has 1 aliphatic rings. The van der Waals surface area contributed by atoms with Crippen LogP contribution in [0, 0.1) is 5.41 Å². The Morgan fingerprint density at radius 1 is 1.35 bits per heavy atom. The summed E-state index contributed by atoms with van der Waals surface area (Å²) in [5.74, 6) is 0.753. The Morgan fingerprint density at radius 3 is 2.65 bits per heavy atom. The van der Waals surface area contributed by atoms with E-state index in [9.17, 15) is 4.79 Å². The van der Waals surface area contributed by atoms with Crippen LogP contribution in [-0.2, 0) is 16.0 Å². The van der Waals surface area contributed by atoms with Crippen LogP contribution in [0.2, 0.25) is 0 Å². The van der Waals surface area contributed by atoms with E-state index in [1.54, 1.807) is 7.11 Å². The first-order chi connectivity index (χ1) is 9.70. The second-order valence-electron chi connectivity index (χ2n) is 5.31. The minimum Gasteiger partial charge on any atom is -0.497 e. The predicted molar refractivity (Wildman–Crippen MR) is 77.9 cm³/mol. The molecule has 4 heteroatoms. The molecule has 1 aliphatic heterocycles. The molecule has 110 valence electrons. The maximum absolute atomic E-state index is 12.4. The maximum atomic E-state index is 12.4. The number of ether oxygens (including phenoxy) is 2. The molecule has 2 rings (SSSR count). The Balaban J connectivity index is 2.15. The van der Waals surface area contributed by atoms with Crippen LogP contribution in [0.4, 0.5) is 0 Å². The second kappa shape index (κ2) is 6.75. The monoisotopic (exact) mass is 277 g/mol. The van der Waals surface area contributed by atoms with Crippen molar-refractivity contribution in [3.8, 4) is 5.75 Å². The highest BCUT2D eigenvalue weighted by Gasteiger charge is 2.41. The lowest BCUT2D eigenvalue weighted by molar-refractivity contribution is -0.156. The van der Waals surface area contributed by atoms with Crippen molar-refractivity contribution in [2.75, 3.05) is 26.8 Å². The average Bonchev–Trinajstić information content (AvgIpc) is 2.49. The first-order valence-corrected chi connectivity index (χ1v) is 7.21. The van der Waals surface area contributed by atoms with E-state index in [0.29, 0.717) is 19.6 Å². The summed E-state index contributed by atoms with van der Waals surface area (Å²) >= 11 is 0. The van der Waals surface area contributed by atoms with Gasteiger partial charge in [-0.2, -0.15) is 0 Å². The van der Waals surface area contributed by atoms with Crippen LogP contribution in [0.1, 0.15) is 25.3 Å². The van der Waals surface area contributed by atoms with E-state index in [1.807, 2.05) is 31.2 Å². The first-order valence-electron chi connectivity index (χ1n) is 7.21. The molecule has 0 radical (unpaired) electrons. The number of piperidine rings is 1. The zero-order valence-corrected chi connectivity index (χ0v) is 12.3. The lowest BCUT2D eigenvalue weighted by Gasteiger charge is -2.35. The molecule has 1 fully saturated rings. The van der Waals surface area contributed by atoms with E-state index in [4.69, 9.17) is 9.47 Å². The molecule has 1 atom stereocenters. The predicted octanol–water partition coefficient (Wildman–Crippen LogP) is 2.17. The number of esters is 1. The van der Waals surface area contributed by atoms with Crippen molar-refractivity contribution in [1.29, 1.82) is 0 Å². The zero-order chi connectivity index (χ0) is 14.4. The molecule has 0 unspecified atom stereocenters. The normalized spacial score (nSPS) is 22.3. The lowest BCUT2D eigenvalue weighted by Crippen LogP contribution is -2.47. The van der Waals surface area contributed by atoms with Gasteiger partial charge < -0.3 is 14.8 Å². The SMILES string of the molecule is CCOC(=O)[C@]1(Cc2ccc(OC)cc2)CCCNC1. The van der Waals surface area contributed by atoms with Gasteiger partial charge in [-0.05, 0) is 50.4 Å². The summed E-state index contributed by atoms with van der Waals surface area (Å²) in [6.07, 6.45) is 2.60. The van der Waals surface area contributed by atoms with Crippen LogP contribution in [0.5, 0.6) is 5.75 Å². The molecule has 1 N–H and O–H groups in total. The molecule has 0 aliphatic carbocycles. The molecule has 0 spiro atoms. The fraction of sp³-hybridized carbons (Fsp3) is 0.562. The Morgan fingerprint density at radius 2 is 2.10 bits per heavy atom. The van der Waals surface area contributed by atoms with E-state index in [-0.39, 0.29) is 5.97 Å². The Labute approximate surface area is 120 Å². The van der Waals surface area contributed by atoms with Crippen LogP contribution in [0.3, 0.4) is 0 Å². The minimum absolute atomic E-state index is 0.0805. The van der Waals surface area contributed by atoms with Crippen LogP contribution in [0.15, 0.2) is 24.3 Å². The fourth-order valence-electron chi connectivity index (χ4n) is 2.78. The summed E-state index contributed by atoms with van der Waals surface area (Å²) in [6.45, 7) is 3.96. The van der Waals surface area contributed by atoms with Crippen LogP contribution < -0.4 is 10.1 Å². The topological polar surface area (TPSA) is 47.6 Å². The highest BCUT2D eigenvalue weighted by molar-refractivity contribution is 5.77. The molecule has 4 nitrogen and oxygen atoms in total. The number of methoxy groups -OCH3 is 1. The highest BCUT2D eigenvalue weighted by Crippen LogP contribution is 2.32. The Kier molecular flexibility index (Phi) is 5.01. The third-order valence-corrected chi connectivity index (χ3v) is 3.88. The average molecular weight is 277 g/mol. The van der Waals surface area contributed by atoms with Gasteiger partial charge in [0.25, 0.3) is 0 Å². The largest absolute Gasteiger partial charge is 0.497 e. The van der Waals surface area contributed by atoms with Crippen molar-refractivity contribution in [3.05, 3.63) is 29.8 Å². The third kappa shape index (κ3) is 3.31. The van der Waals surface area contributed by atoms with Crippen molar-refractivity contribution in [3.63, 3.8) is 0 Å². The minimum atomic E-state index is -0.428. The Hall–Kier alpha value is -1.55. The van der Waals surface area contributed by atoms with Crippen molar-refractivity contribution < 1.29 is 14.3 Å². The number of carbonyl (C=O) groups is 1. The summed E-state index contributed by atoms with van der Waals surface area (Å²) in [6, 6.07) is 7.91. The van der Waals surface area contributed by atoms with Gasteiger partial charge >= 0.3 is 5.97 Å². The van der Waals surface area contributed by atoms with Crippen LogP contribution >= 0.6 is 0 Å². The first kappa shape index (κ1) is 14.9. The van der Waals surface area contributed by atoms with Gasteiger partial charge in [0.2, 0.25) is 0 Å². The number of nitrogens with one attached hydrogen (secondary N) is 1. The van der Waals surface area contributed by atoms with Gasteiger partial charge in [0.15, 0.2) is 0 Å². The van der Waals surface area contributed by atoms with E-state index >= 15 is 0 Å². The Bertz CT molecular complexity index is 436. The van der Waals surface area contributed by atoms with Gasteiger partial charge in [-0.25, -0.2) is 0 Å². The summed E-state index contributed by atoms with van der Waals surface area (Å²) in [5.41, 5.74) is 0.714. The third-order valence-electron chi connectivity index (χ3n) is 3.88. The van der Waals surface area contributed by atoms with Crippen LogP contribution in [-0.4, -0.2) is 32.8 Å². The van der Waals surface area contributed by atoms with Crippen molar-refractivity contribution in [2.24, 2.45) is 5.41 Å². The van der Waals surface area contributed by atoms with Gasteiger partial charge in [-0.15, -0.1) is 0 Å². The second-order valence-corrected chi connectivity index (χ2v) is 5.31. The quantitative estimate of drug-likeness (QED) is 0.838. The summed E-state index contributed by atoms with van der Waals surface area (Å²) < 4.78 is 10.5. The van der Waals surface area contributed by atoms with Crippen molar-refractivity contribution in [2.45, 2.75) is 26.2 Å². The van der Waals surface area contributed by atoms with Gasteiger partial charge in [-0.3, -0.25) is 4.79 Å². The van der Waals surface area contributed by atoms with Crippen molar-refractivity contribution >= 4 is 5.97 Å². The smallest absolute Gasteiger partial charge is 0.313 e. The van der Waals surface area contributed by atoms with Crippen molar-refractivity contribution in [1.82, 2.24) is 5.32 Å². The fourth-order valence-corrected chi connectivity index (χ4v) is 2.78. The number of hydrogen-bond acceptors (Lipinski definition) is 4. The molecule has 0 bridgehead atoms.